The Morgan fingerprint density at radius 3 is 2.60 bits per heavy atom. The molecule has 0 aliphatic carbocycles. The molecule has 0 aliphatic rings. The van der Waals surface area contributed by atoms with Crippen LogP contribution in [0.2, 0.25) is 0 Å². The van der Waals surface area contributed by atoms with Gasteiger partial charge in [-0.3, -0.25) is 4.79 Å². The minimum Gasteiger partial charge on any atom is -0.480 e. The maximum atomic E-state index is 11.7. The molecule has 0 saturated carbocycles. The van der Waals surface area contributed by atoms with E-state index in [4.69, 9.17) is 5.11 Å². The van der Waals surface area contributed by atoms with Crippen molar-refractivity contribution >= 4 is 5.97 Å². The van der Waals surface area contributed by atoms with Crippen LogP contribution in [0.25, 0.3) is 0 Å². The summed E-state index contributed by atoms with van der Waals surface area (Å²) in [5, 5.41) is 11.7. The summed E-state index contributed by atoms with van der Waals surface area (Å²) >= 11 is 0. The first kappa shape index (κ1) is 14.2. The molecule has 0 fully saturated rings. The van der Waals surface area contributed by atoms with E-state index < -0.39 is 24.5 Å². The lowest BCUT2D eigenvalue weighted by molar-refractivity contribution is -0.145. The van der Waals surface area contributed by atoms with Crippen LogP contribution >= 0.6 is 0 Å². The Hall–Kier alpha value is -0.750. The smallest absolute Gasteiger partial charge is 0.323 e. The van der Waals surface area contributed by atoms with E-state index in [9.17, 15) is 13.6 Å². The fourth-order valence-corrected chi connectivity index (χ4v) is 1.11. The van der Waals surface area contributed by atoms with Crippen LogP contribution in [-0.4, -0.2) is 42.8 Å². The van der Waals surface area contributed by atoms with Crippen LogP contribution < -0.4 is 5.32 Å². The molecule has 6 heteroatoms. The highest BCUT2D eigenvalue weighted by atomic mass is 19.3. The van der Waals surface area contributed by atoms with Crippen molar-refractivity contribution in [3.8, 4) is 0 Å². The second-order valence-electron chi connectivity index (χ2n) is 3.38. The molecule has 0 rings (SSSR count). The molecule has 4 nitrogen and oxygen atoms in total. The quantitative estimate of drug-likeness (QED) is 0.607. The highest BCUT2D eigenvalue weighted by Gasteiger charge is 2.31. The molecule has 0 heterocycles. The normalized spacial score (nSPS) is 15.3. The molecular formula is C9H17F2NO3. The molecular weight excluding hydrogens is 208 g/mol. The van der Waals surface area contributed by atoms with Gasteiger partial charge in [-0.2, -0.15) is 0 Å². The molecule has 0 saturated heterocycles. The van der Waals surface area contributed by atoms with Crippen molar-refractivity contribution in [2.24, 2.45) is 0 Å². The molecule has 0 amide bonds. The van der Waals surface area contributed by atoms with Gasteiger partial charge in [0.2, 0.25) is 0 Å². The number of rotatable bonds is 8. The topological polar surface area (TPSA) is 58.6 Å². The van der Waals surface area contributed by atoms with Crippen LogP contribution in [0.4, 0.5) is 8.78 Å². The fraction of sp³-hybridized carbons (Fsp3) is 0.889. The number of aliphatic carboxylic acids is 1. The predicted octanol–water partition coefficient (Wildman–Crippen LogP) is 1.11. The van der Waals surface area contributed by atoms with Crippen molar-refractivity contribution < 1.29 is 23.4 Å². The molecule has 0 radical (unpaired) electrons. The van der Waals surface area contributed by atoms with E-state index in [-0.39, 0.29) is 13.0 Å². The number of nitrogens with one attached hydrogen (secondary N) is 1. The van der Waals surface area contributed by atoms with Crippen LogP contribution in [0.5, 0.6) is 0 Å². The minimum absolute atomic E-state index is 0.000139. The van der Waals surface area contributed by atoms with Gasteiger partial charge in [0.1, 0.15) is 12.1 Å². The standard InChI is InChI=1S/C9H17F2NO3/c1-3-12-9(2,8(13)14)4-5-15-6-7(10)11/h7,12H,3-6H2,1-2H3,(H,13,14). The van der Waals surface area contributed by atoms with Crippen molar-refractivity contribution in [1.29, 1.82) is 0 Å². The van der Waals surface area contributed by atoms with Crippen molar-refractivity contribution in [1.82, 2.24) is 5.32 Å². The summed E-state index contributed by atoms with van der Waals surface area (Å²) < 4.78 is 28.0. The minimum atomic E-state index is -2.51. The number of alkyl halides is 2. The van der Waals surface area contributed by atoms with Gasteiger partial charge >= 0.3 is 5.97 Å². The van der Waals surface area contributed by atoms with Crippen LogP contribution in [0.15, 0.2) is 0 Å². The third kappa shape index (κ3) is 5.64. The first-order valence-corrected chi connectivity index (χ1v) is 4.76. The molecule has 0 aromatic heterocycles. The fourth-order valence-electron chi connectivity index (χ4n) is 1.11. The largest absolute Gasteiger partial charge is 0.480 e. The average molecular weight is 225 g/mol. The number of carbonyl (C=O) groups is 1. The van der Waals surface area contributed by atoms with Gasteiger partial charge in [-0.1, -0.05) is 6.92 Å². The number of likely N-dealkylation sites (N-methyl/N-ethyl adjacent to an activating group) is 1. The second kappa shape index (κ2) is 6.68. The number of carboxylic acid groups (broad SMARTS) is 1. The third-order valence-electron chi connectivity index (χ3n) is 2.03. The van der Waals surface area contributed by atoms with Gasteiger partial charge in [0, 0.05) is 6.61 Å². The van der Waals surface area contributed by atoms with Crippen molar-refractivity contribution in [2.45, 2.75) is 32.2 Å². The lowest BCUT2D eigenvalue weighted by Crippen LogP contribution is -2.50. The van der Waals surface area contributed by atoms with Gasteiger partial charge < -0.3 is 15.2 Å². The van der Waals surface area contributed by atoms with E-state index in [1.165, 1.54) is 6.92 Å². The molecule has 2 N–H and O–H groups in total. The molecule has 1 unspecified atom stereocenters. The zero-order valence-electron chi connectivity index (χ0n) is 8.93. The number of carboxylic acids is 1. The first-order chi connectivity index (χ1) is 6.92. The molecule has 0 aliphatic heterocycles. The summed E-state index contributed by atoms with van der Waals surface area (Å²) in [6, 6.07) is 0. The van der Waals surface area contributed by atoms with E-state index in [2.05, 4.69) is 10.1 Å². The Kier molecular flexibility index (Phi) is 6.35. The monoisotopic (exact) mass is 225 g/mol. The highest BCUT2D eigenvalue weighted by molar-refractivity contribution is 5.78. The van der Waals surface area contributed by atoms with Crippen molar-refractivity contribution in [2.75, 3.05) is 19.8 Å². The van der Waals surface area contributed by atoms with Gasteiger partial charge in [0.25, 0.3) is 6.43 Å². The van der Waals surface area contributed by atoms with E-state index >= 15 is 0 Å². The van der Waals surface area contributed by atoms with Gasteiger partial charge in [-0.05, 0) is 19.9 Å². The maximum absolute atomic E-state index is 11.7. The first-order valence-electron chi connectivity index (χ1n) is 4.76. The SMILES string of the molecule is CCNC(C)(CCOCC(F)F)C(=O)O. The Labute approximate surface area is 87.6 Å². The molecule has 0 aromatic carbocycles. The van der Waals surface area contributed by atoms with E-state index in [0.717, 1.165) is 0 Å². The van der Waals surface area contributed by atoms with Gasteiger partial charge in [-0.15, -0.1) is 0 Å². The number of ether oxygens (including phenoxy) is 1. The van der Waals surface area contributed by atoms with E-state index in [0.29, 0.717) is 6.54 Å². The number of hydrogen-bond acceptors (Lipinski definition) is 3. The zero-order valence-corrected chi connectivity index (χ0v) is 8.93. The summed E-state index contributed by atoms with van der Waals surface area (Å²) in [6.07, 6.45) is -2.36. The second-order valence-corrected chi connectivity index (χ2v) is 3.38. The van der Waals surface area contributed by atoms with Crippen LogP contribution in [-0.2, 0) is 9.53 Å². The Morgan fingerprint density at radius 2 is 2.20 bits per heavy atom. The van der Waals surface area contributed by atoms with Crippen LogP contribution in [0.3, 0.4) is 0 Å². The summed E-state index contributed by atoms with van der Waals surface area (Å²) in [5.74, 6) is -1.01. The molecule has 1 atom stereocenters. The molecule has 0 bridgehead atoms. The van der Waals surface area contributed by atoms with Crippen LogP contribution in [0, 0.1) is 0 Å². The molecule has 90 valence electrons. The summed E-state index contributed by atoms with van der Waals surface area (Å²) in [6.45, 7) is 3.13. The van der Waals surface area contributed by atoms with Crippen molar-refractivity contribution in [3.05, 3.63) is 0 Å². The van der Waals surface area contributed by atoms with E-state index in [1.54, 1.807) is 6.92 Å². The number of halogens is 2. The van der Waals surface area contributed by atoms with Gasteiger partial charge in [-0.25, -0.2) is 8.78 Å². The summed E-state index contributed by atoms with van der Waals surface area (Å²) in [4.78, 5) is 10.9. The Balaban J connectivity index is 3.92. The van der Waals surface area contributed by atoms with Crippen LogP contribution in [0.1, 0.15) is 20.3 Å². The maximum Gasteiger partial charge on any atom is 0.323 e. The van der Waals surface area contributed by atoms with Crippen molar-refractivity contribution in [3.63, 3.8) is 0 Å². The van der Waals surface area contributed by atoms with Gasteiger partial charge in [0.05, 0.1) is 0 Å². The Bertz CT molecular complexity index is 202. The molecule has 0 spiro atoms. The summed E-state index contributed by atoms with van der Waals surface area (Å²) in [5.41, 5.74) is -1.11. The third-order valence-corrected chi connectivity index (χ3v) is 2.03. The Morgan fingerprint density at radius 1 is 1.60 bits per heavy atom. The highest BCUT2D eigenvalue weighted by Crippen LogP contribution is 2.10. The lowest BCUT2D eigenvalue weighted by Gasteiger charge is -2.25. The molecule has 15 heavy (non-hydrogen) atoms. The predicted molar refractivity (Wildman–Crippen MR) is 51.2 cm³/mol. The number of hydrogen-bond donors (Lipinski definition) is 2. The van der Waals surface area contributed by atoms with Gasteiger partial charge in [0.15, 0.2) is 0 Å². The summed E-state index contributed by atoms with van der Waals surface area (Å²) in [7, 11) is 0. The lowest BCUT2D eigenvalue weighted by atomic mass is 9.99. The van der Waals surface area contributed by atoms with E-state index in [1.807, 2.05) is 0 Å². The zero-order chi connectivity index (χ0) is 11.9. The molecule has 0 aromatic rings. The average Bonchev–Trinajstić information content (AvgIpc) is 2.12.